The monoisotopic (exact) mass is 351 g/mol. The van der Waals surface area contributed by atoms with Gasteiger partial charge in [0.2, 0.25) is 5.91 Å². The van der Waals surface area contributed by atoms with E-state index in [9.17, 15) is 9.59 Å². The van der Waals surface area contributed by atoms with Crippen molar-refractivity contribution >= 4 is 29.9 Å². The molecule has 0 aliphatic rings. The summed E-state index contributed by atoms with van der Waals surface area (Å²) in [7, 11) is 0. The van der Waals surface area contributed by atoms with Crippen molar-refractivity contribution in [2.75, 3.05) is 11.9 Å². The third kappa shape index (κ3) is 5.11. The normalized spacial score (nSPS) is 10.6. The second-order valence-electron chi connectivity index (χ2n) is 5.90. The molecular formula is C17H22ClN3O3. The number of nitrogens with two attached hydrogens (primary N) is 1. The number of hydrogen-bond acceptors (Lipinski definition) is 4. The number of carbonyl (C=O) groups excluding carboxylic acids is 2. The summed E-state index contributed by atoms with van der Waals surface area (Å²) in [6.45, 7) is 4.30. The van der Waals surface area contributed by atoms with E-state index in [-0.39, 0.29) is 36.5 Å². The van der Waals surface area contributed by atoms with E-state index in [1.54, 1.807) is 38.1 Å². The molecule has 0 saturated heterocycles. The highest BCUT2D eigenvalue weighted by Crippen LogP contribution is 2.14. The first kappa shape index (κ1) is 19.7. The van der Waals surface area contributed by atoms with Gasteiger partial charge in [-0.25, -0.2) is 0 Å². The Hall–Kier alpha value is -2.31. The smallest absolute Gasteiger partial charge is 0.291 e. The van der Waals surface area contributed by atoms with Crippen LogP contribution in [-0.2, 0) is 11.3 Å². The lowest BCUT2D eigenvalue weighted by molar-refractivity contribution is -0.129. The summed E-state index contributed by atoms with van der Waals surface area (Å²) in [5.41, 5.74) is 6.58. The van der Waals surface area contributed by atoms with Crippen molar-refractivity contribution in [2.24, 2.45) is 11.1 Å². The molecule has 1 heterocycles. The number of nitrogens with one attached hydrogen (secondary N) is 2. The van der Waals surface area contributed by atoms with Crippen molar-refractivity contribution in [3.63, 3.8) is 0 Å². The van der Waals surface area contributed by atoms with Crippen LogP contribution in [0.5, 0.6) is 0 Å². The highest BCUT2D eigenvalue weighted by atomic mass is 35.5. The number of anilines is 1. The SMILES string of the molecule is CC(C)(CN)C(=O)NCc1ccc(NC(=O)c2ccco2)cc1.Cl. The quantitative estimate of drug-likeness (QED) is 0.745. The fourth-order valence-electron chi connectivity index (χ4n) is 1.82. The molecule has 1 aromatic heterocycles. The van der Waals surface area contributed by atoms with Gasteiger partial charge in [-0.05, 0) is 43.7 Å². The van der Waals surface area contributed by atoms with Crippen molar-refractivity contribution in [1.82, 2.24) is 5.32 Å². The molecule has 0 atom stereocenters. The number of amides is 2. The maximum Gasteiger partial charge on any atom is 0.291 e. The zero-order chi connectivity index (χ0) is 16.9. The number of hydrogen-bond donors (Lipinski definition) is 3. The van der Waals surface area contributed by atoms with E-state index in [4.69, 9.17) is 10.2 Å². The van der Waals surface area contributed by atoms with Gasteiger partial charge in [0.25, 0.3) is 5.91 Å². The zero-order valence-corrected chi connectivity index (χ0v) is 14.5. The molecule has 2 aromatic rings. The van der Waals surface area contributed by atoms with E-state index in [1.165, 1.54) is 6.26 Å². The Labute approximate surface area is 147 Å². The Bertz CT molecular complexity index is 667. The molecule has 0 spiro atoms. The highest BCUT2D eigenvalue weighted by molar-refractivity contribution is 6.02. The molecule has 0 radical (unpaired) electrons. The molecule has 0 aliphatic heterocycles. The Kier molecular flexibility index (Phi) is 7.00. The van der Waals surface area contributed by atoms with Gasteiger partial charge in [0.05, 0.1) is 11.7 Å². The molecule has 7 heteroatoms. The van der Waals surface area contributed by atoms with Gasteiger partial charge in [0.1, 0.15) is 0 Å². The molecule has 1 aromatic carbocycles. The zero-order valence-electron chi connectivity index (χ0n) is 13.7. The maximum absolute atomic E-state index is 12.0. The van der Waals surface area contributed by atoms with Gasteiger partial charge in [0.15, 0.2) is 5.76 Å². The van der Waals surface area contributed by atoms with Crippen molar-refractivity contribution < 1.29 is 14.0 Å². The minimum atomic E-state index is -0.586. The topological polar surface area (TPSA) is 97.4 Å². The first-order valence-electron chi connectivity index (χ1n) is 7.34. The van der Waals surface area contributed by atoms with E-state index >= 15 is 0 Å². The fourth-order valence-corrected chi connectivity index (χ4v) is 1.82. The van der Waals surface area contributed by atoms with Crippen molar-refractivity contribution in [2.45, 2.75) is 20.4 Å². The number of rotatable bonds is 6. The maximum atomic E-state index is 12.0. The standard InChI is InChI=1S/C17H21N3O3.ClH/c1-17(2,11-18)16(22)19-10-12-5-7-13(8-6-12)20-15(21)14-4-3-9-23-14;/h3-9H,10-11,18H2,1-2H3,(H,19,22)(H,20,21);1H. The summed E-state index contributed by atoms with van der Waals surface area (Å²) in [6.07, 6.45) is 1.45. The third-order valence-corrected chi connectivity index (χ3v) is 3.53. The van der Waals surface area contributed by atoms with Crippen LogP contribution in [0.1, 0.15) is 30.0 Å². The van der Waals surface area contributed by atoms with Gasteiger partial charge in [-0.3, -0.25) is 9.59 Å². The molecule has 0 aliphatic carbocycles. The first-order valence-corrected chi connectivity index (χ1v) is 7.34. The molecule has 0 unspecified atom stereocenters. The van der Waals surface area contributed by atoms with Crippen LogP contribution in [0, 0.1) is 5.41 Å². The van der Waals surface area contributed by atoms with E-state index in [1.807, 2.05) is 12.1 Å². The Balaban J connectivity index is 0.00000288. The minimum absolute atomic E-state index is 0. The van der Waals surface area contributed by atoms with Gasteiger partial charge >= 0.3 is 0 Å². The van der Waals surface area contributed by atoms with Gasteiger partial charge in [-0.1, -0.05) is 12.1 Å². The van der Waals surface area contributed by atoms with E-state index in [0.717, 1.165) is 5.56 Å². The molecule has 4 N–H and O–H groups in total. The average Bonchev–Trinajstić information content (AvgIpc) is 3.08. The minimum Gasteiger partial charge on any atom is -0.459 e. The highest BCUT2D eigenvalue weighted by Gasteiger charge is 2.25. The van der Waals surface area contributed by atoms with E-state index in [0.29, 0.717) is 12.2 Å². The van der Waals surface area contributed by atoms with Crippen LogP contribution in [-0.4, -0.2) is 18.4 Å². The summed E-state index contributed by atoms with van der Waals surface area (Å²) in [6, 6.07) is 10.5. The summed E-state index contributed by atoms with van der Waals surface area (Å²) >= 11 is 0. The average molecular weight is 352 g/mol. The molecule has 24 heavy (non-hydrogen) atoms. The van der Waals surface area contributed by atoms with Crippen LogP contribution >= 0.6 is 12.4 Å². The van der Waals surface area contributed by atoms with Crippen LogP contribution in [0.25, 0.3) is 0 Å². The largest absolute Gasteiger partial charge is 0.459 e. The van der Waals surface area contributed by atoms with Crippen LogP contribution in [0.2, 0.25) is 0 Å². The van der Waals surface area contributed by atoms with Gasteiger partial charge in [0, 0.05) is 18.8 Å². The predicted molar refractivity (Wildman–Crippen MR) is 95.0 cm³/mol. The number of halogens is 1. The second kappa shape index (κ2) is 8.52. The van der Waals surface area contributed by atoms with Crippen LogP contribution < -0.4 is 16.4 Å². The lowest BCUT2D eigenvalue weighted by Gasteiger charge is -2.21. The Morgan fingerprint density at radius 2 is 1.83 bits per heavy atom. The number of furan rings is 1. The van der Waals surface area contributed by atoms with Crippen LogP contribution in [0.15, 0.2) is 47.1 Å². The summed E-state index contributed by atoms with van der Waals surface area (Å²) in [5, 5.41) is 5.58. The third-order valence-electron chi connectivity index (χ3n) is 3.53. The Morgan fingerprint density at radius 1 is 1.17 bits per heavy atom. The van der Waals surface area contributed by atoms with Crippen molar-refractivity contribution in [3.8, 4) is 0 Å². The molecule has 6 nitrogen and oxygen atoms in total. The van der Waals surface area contributed by atoms with Crippen LogP contribution in [0.4, 0.5) is 5.69 Å². The van der Waals surface area contributed by atoms with Gasteiger partial charge in [-0.15, -0.1) is 12.4 Å². The van der Waals surface area contributed by atoms with Gasteiger partial charge in [-0.2, -0.15) is 0 Å². The molecule has 0 bridgehead atoms. The molecule has 0 saturated carbocycles. The Morgan fingerprint density at radius 3 is 2.38 bits per heavy atom. The lowest BCUT2D eigenvalue weighted by atomic mass is 9.92. The molecular weight excluding hydrogens is 330 g/mol. The molecule has 2 amide bonds. The summed E-state index contributed by atoms with van der Waals surface area (Å²) in [5.74, 6) is -0.138. The summed E-state index contributed by atoms with van der Waals surface area (Å²) < 4.78 is 5.03. The lowest BCUT2D eigenvalue weighted by Crippen LogP contribution is -2.41. The van der Waals surface area contributed by atoms with E-state index in [2.05, 4.69) is 10.6 Å². The molecule has 2 rings (SSSR count). The first-order chi connectivity index (χ1) is 10.9. The molecule has 0 fully saturated rings. The van der Waals surface area contributed by atoms with E-state index < -0.39 is 5.41 Å². The molecule has 130 valence electrons. The predicted octanol–water partition coefficient (Wildman–Crippen LogP) is 2.55. The van der Waals surface area contributed by atoms with Crippen LogP contribution in [0.3, 0.4) is 0 Å². The number of benzene rings is 1. The fraction of sp³-hybridized carbons (Fsp3) is 0.294. The van der Waals surface area contributed by atoms with Crippen molar-refractivity contribution in [3.05, 3.63) is 54.0 Å². The van der Waals surface area contributed by atoms with Crippen molar-refractivity contribution in [1.29, 1.82) is 0 Å². The van der Waals surface area contributed by atoms with Gasteiger partial charge < -0.3 is 20.8 Å². The second-order valence-corrected chi connectivity index (χ2v) is 5.90. The number of carbonyl (C=O) groups is 2. The summed E-state index contributed by atoms with van der Waals surface area (Å²) in [4.78, 5) is 23.8.